The average molecular weight is 345 g/mol. The fourth-order valence-corrected chi connectivity index (χ4v) is 2.01. The van der Waals surface area contributed by atoms with Gasteiger partial charge in [0.15, 0.2) is 5.15 Å². The zero-order chi connectivity index (χ0) is 17.5. The van der Waals surface area contributed by atoms with Gasteiger partial charge in [0.2, 0.25) is 11.6 Å². The Morgan fingerprint density at radius 1 is 1.29 bits per heavy atom. The number of nitriles is 2. The van der Waals surface area contributed by atoms with Crippen molar-refractivity contribution >= 4 is 34.6 Å². The molecule has 2 heterocycles. The van der Waals surface area contributed by atoms with E-state index in [0.717, 1.165) is 6.33 Å². The molecule has 0 aliphatic carbocycles. The Labute approximate surface area is 141 Å². The number of nitrogens with one attached hydrogen (secondary N) is 1. The Bertz CT molecular complexity index is 829. The van der Waals surface area contributed by atoms with E-state index in [-0.39, 0.29) is 29.9 Å². The minimum absolute atomic E-state index is 0.109. The van der Waals surface area contributed by atoms with Crippen molar-refractivity contribution in [2.24, 2.45) is 0 Å². The molecule has 0 unspecified atom stereocenters. The van der Waals surface area contributed by atoms with Gasteiger partial charge >= 0.3 is 5.69 Å². The van der Waals surface area contributed by atoms with E-state index in [2.05, 4.69) is 20.3 Å². The van der Waals surface area contributed by atoms with E-state index in [1.807, 2.05) is 12.1 Å². The molecule has 0 saturated heterocycles. The van der Waals surface area contributed by atoms with E-state index in [1.54, 1.807) is 12.1 Å². The molecule has 10 nitrogen and oxygen atoms in total. The smallest absolute Gasteiger partial charge is 0.332 e. The molecular weight excluding hydrogens is 336 g/mol. The highest BCUT2D eigenvalue weighted by Gasteiger charge is 2.27. The van der Waals surface area contributed by atoms with Gasteiger partial charge in [0, 0.05) is 6.20 Å². The third-order valence-electron chi connectivity index (χ3n) is 2.82. The van der Waals surface area contributed by atoms with Gasteiger partial charge in [-0.1, -0.05) is 11.6 Å². The molecule has 0 radical (unpaired) electrons. The van der Waals surface area contributed by atoms with Gasteiger partial charge in [0.05, 0.1) is 22.7 Å². The Balaban J connectivity index is 2.52. The molecule has 0 aliphatic rings. The van der Waals surface area contributed by atoms with Gasteiger partial charge in [-0.15, -0.1) is 0 Å². The van der Waals surface area contributed by atoms with Gasteiger partial charge < -0.3 is 10.2 Å². The summed E-state index contributed by atoms with van der Waals surface area (Å²) in [6.07, 6.45) is 2.56. The Hall–Kier alpha value is -3.50. The lowest BCUT2D eigenvalue weighted by Gasteiger charge is -2.17. The summed E-state index contributed by atoms with van der Waals surface area (Å²) in [6.45, 7) is -0.475. The number of hydrogen-bond acceptors (Lipinski definition) is 9. The first-order valence-electron chi connectivity index (χ1n) is 6.44. The van der Waals surface area contributed by atoms with Crippen molar-refractivity contribution < 1.29 is 4.92 Å². The normalized spacial score (nSPS) is 9.62. The van der Waals surface area contributed by atoms with Gasteiger partial charge in [0.1, 0.15) is 19.4 Å². The molecule has 0 fully saturated rings. The summed E-state index contributed by atoms with van der Waals surface area (Å²) >= 11 is 5.92. The Morgan fingerprint density at radius 3 is 2.58 bits per heavy atom. The zero-order valence-electron chi connectivity index (χ0n) is 12.0. The van der Waals surface area contributed by atoms with Gasteiger partial charge in [0.25, 0.3) is 0 Å². The standard InChI is InChI=1S/C13H9ClN8O2/c14-11-9(2-1-5-17-11)20-12-10(22(23)24)13(19-8-18-12)21(6-3-15)7-4-16/h1-2,5,8H,6-7H2,(H,18,19,20). The predicted molar refractivity (Wildman–Crippen MR) is 84.7 cm³/mol. The molecule has 0 aromatic carbocycles. The third kappa shape index (κ3) is 3.63. The molecule has 2 aromatic rings. The molecule has 0 bridgehead atoms. The first kappa shape index (κ1) is 16.9. The number of aromatic nitrogens is 3. The lowest BCUT2D eigenvalue weighted by atomic mass is 10.3. The molecule has 1 N–H and O–H groups in total. The second-order valence-electron chi connectivity index (χ2n) is 4.29. The van der Waals surface area contributed by atoms with Gasteiger partial charge in [-0.3, -0.25) is 10.1 Å². The second kappa shape index (κ2) is 7.67. The van der Waals surface area contributed by atoms with Gasteiger partial charge in [-0.25, -0.2) is 15.0 Å². The lowest BCUT2D eigenvalue weighted by Crippen LogP contribution is -2.26. The van der Waals surface area contributed by atoms with Crippen molar-refractivity contribution in [2.45, 2.75) is 0 Å². The van der Waals surface area contributed by atoms with Crippen LogP contribution in [0.2, 0.25) is 5.15 Å². The average Bonchev–Trinajstić information content (AvgIpc) is 2.56. The fraction of sp³-hybridized carbons (Fsp3) is 0.154. The van der Waals surface area contributed by atoms with Crippen molar-refractivity contribution in [1.82, 2.24) is 15.0 Å². The van der Waals surface area contributed by atoms with E-state index in [1.165, 1.54) is 11.1 Å². The SMILES string of the molecule is N#CCN(CC#N)c1ncnc(Nc2cccnc2Cl)c1[N+](=O)[O-]. The first-order chi connectivity index (χ1) is 11.6. The van der Waals surface area contributed by atoms with E-state index in [9.17, 15) is 10.1 Å². The molecular formula is C13H9ClN8O2. The number of pyridine rings is 1. The molecule has 24 heavy (non-hydrogen) atoms. The highest BCUT2D eigenvalue weighted by atomic mass is 35.5. The molecule has 0 aliphatic heterocycles. The molecule has 0 spiro atoms. The van der Waals surface area contributed by atoms with E-state index < -0.39 is 10.6 Å². The van der Waals surface area contributed by atoms with Crippen LogP contribution in [0.5, 0.6) is 0 Å². The third-order valence-corrected chi connectivity index (χ3v) is 3.12. The summed E-state index contributed by atoms with van der Waals surface area (Å²) < 4.78 is 0. The summed E-state index contributed by atoms with van der Waals surface area (Å²) in [5.41, 5.74) is -0.151. The van der Waals surface area contributed by atoms with Crippen LogP contribution in [-0.2, 0) is 0 Å². The number of rotatable bonds is 6. The van der Waals surface area contributed by atoms with E-state index in [4.69, 9.17) is 22.1 Å². The number of hydrogen-bond donors (Lipinski definition) is 1. The Kier molecular flexibility index (Phi) is 5.39. The number of nitrogens with zero attached hydrogens (tertiary/aromatic N) is 7. The van der Waals surface area contributed by atoms with E-state index in [0.29, 0.717) is 5.69 Å². The van der Waals surface area contributed by atoms with Crippen molar-refractivity contribution in [2.75, 3.05) is 23.3 Å². The van der Waals surface area contributed by atoms with Crippen molar-refractivity contribution in [1.29, 1.82) is 10.5 Å². The summed E-state index contributed by atoms with van der Waals surface area (Å²) in [4.78, 5) is 23.5. The quantitative estimate of drug-likeness (QED) is 0.360. The summed E-state index contributed by atoms with van der Waals surface area (Å²) in [7, 11) is 0. The molecule has 2 rings (SSSR count). The molecule has 120 valence electrons. The Morgan fingerprint density at radius 2 is 2.00 bits per heavy atom. The molecule has 0 atom stereocenters. The minimum atomic E-state index is -0.691. The van der Waals surface area contributed by atoms with Crippen LogP contribution in [0, 0.1) is 32.8 Å². The van der Waals surface area contributed by atoms with Gasteiger partial charge in [-0.05, 0) is 12.1 Å². The van der Waals surface area contributed by atoms with Crippen molar-refractivity contribution in [3.8, 4) is 12.1 Å². The summed E-state index contributed by atoms with van der Waals surface area (Å²) in [5.74, 6) is -0.263. The summed E-state index contributed by atoms with van der Waals surface area (Å²) in [5, 5.41) is 32.0. The van der Waals surface area contributed by atoms with Crippen LogP contribution >= 0.6 is 11.6 Å². The van der Waals surface area contributed by atoms with Crippen LogP contribution < -0.4 is 10.2 Å². The lowest BCUT2D eigenvalue weighted by molar-refractivity contribution is -0.383. The number of nitro groups is 1. The van der Waals surface area contributed by atoms with Crippen LogP contribution in [0.25, 0.3) is 0 Å². The minimum Gasteiger partial charge on any atom is -0.332 e. The molecule has 2 aromatic heterocycles. The largest absolute Gasteiger partial charge is 0.353 e. The van der Waals surface area contributed by atoms with Crippen LogP contribution in [0.1, 0.15) is 0 Å². The topological polar surface area (TPSA) is 145 Å². The monoisotopic (exact) mass is 344 g/mol. The van der Waals surface area contributed by atoms with Gasteiger partial charge in [-0.2, -0.15) is 10.5 Å². The van der Waals surface area contributed by atoms with Crippen LogP contribution in [-0.4, -0.2) is 33.0 Å². The number of halogens is 1. The predicted octanol–water partition coefficient (Wildman–Crippen LogP) is 2.03. The molecule has 11 heteroatoms. The first-order valence-corrected chi connectivity index (χ1v) is 6.82. The molecule has 0 amide bonds. The van der Waals surface area contributed by atoms with E-state index >= 15 is 0 Å². The number of anilines is 3. The van der Waals surface area contributed by atoms with Crippen molar-refractivity contribution in [3.05, 3.63) is 39.9 Å². The second-order valence-corrected chi connectivity index (χ2v) is 4.65. The van der Waals surface area contributed by atoms with Crippen LogP contribution in [0.15, 0.2) is 24.7 Å². The maximum absolute atomic E-state index is 11.5. The van der Waals surface area contributed by atoms with Crippen molar-refractivity contribution in [3.63, 3.8) is 0 Å². The highest BCUT2D eigenvalue weighted by Crippen LogP contribution is 2.34. The maximum Gasteiger partial charge on any atom is 0.353 e. The summed E-state index contributed by atoms with van der Waals surface area (Å²) in [6, 6.07) is 6.84. The van der Waals surface area contributed by atoms with Crippen LogP contribution in [0.3, 0.4) is 0 Å². The maximum atomic E-state index is 11.5. The highest BCUT2D eigenvalue weighted by molar-refractivity contribution is 6.32. The fourth-order valence-electron chi connectivity index (χ4n) is 1.84. The van der Waals surface area contributed by atoms with Crippen LogP contribution in [0.4, 0.5) is 23.0 Å². The zero-order valence-corrected chi connectivity index (χ0v) is 12.8. The molecule has 0 saturated carbocycles.